The number of hydrogen-bond acceptors (Lipinski definition) is 8. The van der Waals surface area contributed by atoms with Crippen LogP contribution in [0.1, 0.15) is 51.4 Å². The molecule has 0 aromatic heterocycles. The summed E-state index contributed by atoms with van der Waals surface area (Å²) >= 11 is 19.1. The number of hydrogen-bond donors (Lipinski definition) is 0. The van der Waals surface area contributed by atoms with Crippen LogP contribution < -0.4 is 0 Å². The van der Waals surface area contributed by atoms with Gasteiger partial charge in [0.2, 0.25) is 0 Å². The van der Waals surface area contributed by atoms with E-state index < -0.39 is 0 Å². The molecular formula is C32H52Cl4N12O2W2. The maximum absolute atomic E-state index is 7.50. The van der Waals surface area contributed by atoms with Crippen LogP contribution in [0.2, 0.25) is 0 Å². The maximum Gasteiger partial charge on any atom is 2.00 e. The van der Waals surface area contributed by atoms with E-state index in [9.17, 15) is 0 Å². The van der Waals surface area contributed by atoms with Gasteiger partial charge >= 0.3 is 64.7 Å². The van der Waals surface area contributed by atoms with Gasteiger partial charge in [-0.3, -0.25) is 0 Å². The van der Waals surface area contributed by atoms with E-state index in [1.54, 1.807) is 0 Å². The zero-order valence-electron chi connectivity index (χ0n) is 29.9. The number of halogens is 4. The fourth-order valence-corrected chi connectivity index (χ4v) is 5.77. The van der Waals surface area contributed by atoms with E-state index >= 15 is 0 Å². The van der Waals surface area contributed by atoms with Crippen molar-refractivity contribution in [3.8, 4) is 0 Å². The van der Waals surface area contributed by atoms with Gasteiger partial charge in [0, 0.05) is 23.8 Å². The molecule has 0 aliphatic carbocycles. The molecule has 0 N–H and O–H groups in total. The van der Waals surface area contributed by atoms with Crippen LogP contribution in [-0.4, -0.2) is 159 Å². The summed E-state index contributed by atoms with van der Waals surface area (Å²) in [5.74, 6) is 4.05. The molecule has 20 heteroatoms. The van der Waals surface area contributed by atoms with E-state index in [4.69, 9.17) is 55.7 Å². The number of nitrogens with zero attached hydrogens (tertiary/aromatic N) is 12. The van der Waals surface area contributed by atoms with E-state index in [1.165, 1.54) is 104 Å². The van der Waals surface area contributed by atoms with E-state index in [2.05, 4.69) is 74.1 Å². The first-order chi connectivity index (χ1) is 24.7. The minimum absolute atomic E-state index is 0. The molecule has 0 bridgehead atoms. The molecular weight excluding hydrogens is 1090 g/mol. The van der Waals surface area contributed by atoms with Crippen LogP contribution in [0, 0.1) is 13.3 Å². The fourth-order valence-electron chi connectivity index (χ4n) is 5.77. The van der Waals surface area contributed by atoms with Crippen molar-refractivity contribution in [2.24, 2.45) is 20.0 Å². The van der Waals surface area contributed by atoms with Crippen LogP contribution in [0.3, 0.4) is 0 Å². The summed E-state index contributed by atoms with van der Waals surface area (Å²) in [6.07, 6.45) is 9.66. The van der Waals surface area contributed by atoms with E-state index in [1.807, 2.05) is 0 Å². The van der Waals surface area contributed by atoms with Gasteiger partial charge in [0.05, 0.1) is 10.7 Å². The molecule has 0 spiro atoms. The first-order valence-corrected chi connectivity index (χ1v) is 19.4. The number of fused-ring (bicyclic) bond motifs is 4. The Hall–Kier alpha value is -0.903. The third-order valence-corrected chi connectivity index (χ3v) is 7.85. The second-order valence-corrected chi connectivity index (χ2v) is 12.8. The third kappa shape index (κ3) is 22.5. The second kappa shape index (κ2) is 37.0. The molecule has 0 aromatic carbocycles. The normalized spacial score (nSPS) is 19.8. The van der Waals surface area contributed by atoms with Crippen LogP contribution in [0.5, 0.6) is 0 Å². The number of rotatable bonds is 0. The van der Waals surface area contributed by atoms with Crippen LogP contribution >= 0.6 is 46.4 Å². The number of guanidine groups is 4. The Morgan fingerprint density at radius 3 is 0.750 bits per heavy atom. The summed E-state index contributed by atoms with van der Waals surface area (Å²) in [6, 6.07) is 0. The molecule has 8 aliphatic rings. The van der Waals surface area contributed by atoms with Gasteiger partial charge in [-0.2, -0.15) is 0 Å². The van der Waals surface area contributed by atoms with Crippen molar-refractivity contribution in [1.29, 1.82) is 0 Å². The van der Waals surface area contributed by atoms with Crippen molar-refractivity contribution in [1.82, 2.24) is 19.6 Å². The standard InChI is InChI=1S/4C7H12N3.2CH2Cl2.2CO.2W/c4*1-3-8-7-9-4-2-6-10(7)5-1;2*2-1-3;2*1-2;;/h4*1-6H2;2*1H2;;;;/q4*-1;;;;;2*+2. The molecule has 8 rings (SSSR count). The number of aliphatic imine (C=N–C) groups is 4. The summed E-state index contributed by atoms with van der Waals surface area (Å²) in [5.41, 5.74) is 0. The molecule has 4 fully saturated rings. The Morgan fingerprint density at radius 2 is 0.577 bits per heavy atom. The quantitative estimate of drug-likeness (QED) is 0.164. The topological polar surface area (TPSA) is 159 Å². The van der Waals surface area contributed by atoms with Crippen LogP contribution in [0.15, 0.2) is 20.0 Å². The Bertz CT molecular complexity index is 907. The van der Waals surface area contributed by atoms with Gasteiger partial charge in [0.15, 0.2) is 0 Å². The molecule has 0 aromatic rings. The van der Waals surface area contributed by atoms with Gasteiger partial charge in [0.25, 0.3) is 0 Å². The van der Waals surface area contributed by atoms with E-state index in [-0.39, 0.29) is 52.8 Å². The zero-order valence-corrected chi connectivity index (χ0v) is 38.8. The van der Waals surface area contributed by atoms with Crippen molar-refractivity contribution >= 4 is 70.2 Å². The first-order valence-electron chi connectivity index (χ1n) is 17.2. The largest absolute Gasteiger partial charge is 2.00 e. The van der Waals surface area contributed by atoms with Gasteiger partial charge < -0.3 is 60.8 Å². The van der Waals surface area contributed by atoms with E-state index in [0.29, 0.717) is 0 Å². The first kappa shape index (κ1) is 53.2. The van der Waals surface area contributed by atoms with Crippen molar-refractivity contribution in [2.75, 3.05) is 115 Å². The summed E-state index contributed by atoms with van der Waals surface area (Å²) in [5, 5.41) is 17.7. The van der Waals surface area contributed by atoms with Crippen LogP contribution in [-0.2, 0) is 51.4 Å². The Morgan fingerprint density at radius 1 is 0.404 bits per heavy atom. The molecule has 0 saturated carbocycles. The molecule has 0 radical (unpaired) electrons. The van der Waals surface area contributed by atoms with Gasteiger partial charge in [-0.05, 0) is 156 Å². The Labute approximate surface area is 360 Å². The summed E-state index contributed by atoms with van der Waals surface area (Å²) in [6.45, 7) is 26.2. The Kier molecular flexibility index (Phi) is 37.9. The summed E-state index contributed by atoms with van der Waals surface area (Å²) in [4.78, 5) is 26.4. The summed E-state index contributed by atoms with van der Waals surface area (Å²) in [7, 11) is 0. The summed E-state index contributed by atoms with van der Waals surface area (Å²) < 4.78 is 15.0. The minimum atomic E-state index is 0. The van der Waals surface area contributed by atoms with Crippen molar-refractivity contribution in [3.05, 3.63) is 34.6 Å². The molecule has 8 heterocycles. The molecule has 0 unspecified atom stereocenters. The molecule has 52 heavy (non-hydrogen) atoms. The molecule has 14 nitrogen and oxygen atoms in total. The van der Waals surface area contributed by atoms with Gasteiger partial charge in [-0.25, -0.2) is 0 Å². The van der Waals surface area contributed by atoms with Crippen molar-refractivity contribution in [3.63, 3.8) is 0 Å². The number of alkyl halides is 4. The smallest absolute Gasteiger partial charge is 2.00 e. The fraction of sp³-hybridized carbons (Fsp3) is 0.812. The molecule has 0 atom stereocenters. The second-order valence-electron chi connectivity index (χ2n) is 11.2. The average Bonchev–Trinajstić information content (AvgIpc) is 3.21. The van der Waals surface area contributed by atoms with E-state index in [0.717, 1.165) is 76.2 Å². The van der Waals surface area contributed by atoms with Crippen molar-refractivity contribution in [2.45, 2.75) is 51.4 Å². The predicted octanol–water partition coefficient (Wildman–Crippen LogP) is 6.06. The molecule has 8 aliphatic heterocycles. The maximum atomic E-state index is 7.50. The van der Waals surface area contributed by atoms with Crippen molar-refractivity contribution < 1.29 is 51.4 Å². The van der Waals surface area contributed by atoms with Gasteiger partial charge in [-0.15, -0.1) is 46.4 Å². The molecule has 0 amide bonds. The van der Waals surface area contributed by atoms with Gasteiger partial charge in [-0.1, -0.05) is 0 Å². The Balaban J connectivity index is 0. The predicted molar refractivity (Wildman–Crippen MR) is 206 cm³/mol. The molecule has 4 saturated heterocycles. The molecule has 292 valence electrons. The zero-order chi connectivity index (χ0) is 36.7. The van der Waals surface area contributed by atoms with Crippen LogP contribution in [0.4, 0.5) is 0 Å². The van der Waals surface area contributed by atoms with Crippen LogP contribution in [0.25, 0.3) is 21.3 Å². The average molecular weight is 1150 g/mol. The minimum Gasteiger partial charge on any atom is 2.00 e. The monoisotopic (exact) mass is 1140 g/mol. The third-order valence-electron chi connectivity index (χ3n) is 7.85. The SMILES string of the molecule is C1CN=C2[N-]CCCN2C1.C1CN=C2[N-]CCCN2C1.C1CN=C2[N-]CCCN2C1.C1CN=C2[N-]CCCN2C1.ClCCl.ClCCl.[C-]#[O+].[C-]#[O+].[W+2].[W+2]. The van der Waals surface area contributed by atoms with Gasteiger partial charge in [0.1, 0.15) is 0 Å².